The molecule has 2 atom stereocenters. The largest absolute Gasteiger partial charge is 0.478 e. The van der Waals surface area contributed by atoms with Gasteiger partial charge in [-0.1, -0.05) is 13.0 Å². The Labute approximate surface area is 118 Å². The van der Waals surface area contributed by atoms with E-state index in [2.05, 4.69) is 17.6 Å². The maximum atomic E-state index is 12.3. The van der Waals surface area contributed by atoms with Crippen LogP contribution in [0.3, 0.4) is 0 Å². The fourth-order valence-corrected chi connectivity index (χ4v) is 2.61. The lowest BCUT2D eigenvalue weighted by molar-refractivity contribution is -0.119. The summed E-state index contributed by atoms with van der Waals surface area (Å²) in [7, 11) is 0. The number of aromatic carboxylic acids is 1. The first kappa shape index (κ1) is 14.5. The standard InChI is InChI=1S/C15H20N2O3/c1-9-5-4-8-16-13(9)14(18)17-12-7-3-6-11(10(12)2)15(19)20/h3,6-7,9,13,16H,4-5,8H2,1-2H3,(H,17,18)(H,19,20). The van der Waals surface area contributed by atoms with E-state index in [1.54, 1.807) is 19.1 Å². The van der Waals surface area contributed by atoms with Crippen molar-refractivity contribution in [2.75, 3.05) is 11.9 Å². The summed E-state index contributed by atoms with van der Waals surface area (Å²) in [5, 5.41) is 15.1. The molecule has 5 nitrogen and oxygen atoms in total. The smallest absolute Gasteiger partial charge is 0.336 e. The Morgan fingerprint density at radius 2 is 2.15 bits per heavy atom. The van der Waals surface area contributed by atoms with E-state index in [-0.39, 0.29) is 23.4 Å². The van der Waals surface area contributed by atoms with Gasteiger partial charge < -0.3 is 15.7 Å². The first-order valence-electron chi connectivity index (χ1n) is 6.88. The summed E-state index contributed by atoms with van der Waals surface area (Å²) in [5.74, 6) is -0.794. The van der Waals surface area contributed by atoms with Crippen LogP contribution < -0.4 is 10.6 Å². The lowest BCUT2D eigenvalue weighted by Gasteiger charge is -2.29. The molecule has 1 fully saturated rings. The van der Waals surface area contributed by atoms with E-state index in [0.29, 0.717) is 11.3 Å². The van der Waals surface area contributed by atoms with E-state index in [0.717, 1.165) is 19.4 Å². The average Bonchev–Trinajstić information content (AvgIpc) is 2.41. The Bertz CT molecular complexity index is 528. The summed E-state index contributed by atoms with van der Waals surface area (Å²) in [6.07, 6.45) is 2.11. The van der Waals surface area contributed by atoms with Gasteiger partial charge in [0, 0.05) is 5.69 Å². The third-order valence-corrected chi connectivity index (χ3v) is 3.87. The van der Waals surface area contributed by atoms with Gasteiger partial charge in [0.2, 0.25) is 5.91 Å². The maximum absolute atomic E-state index is 12.3. The van der Waals surface area contributed by atoms with Gasteiger partial charge in [0.05, 0.1) is 11.6 Å². The van der Waals surface area contributed by atoms with Crippen molar-refractivity contribution in [3.8, 4) is 0 Å². The van der Waals surface area contributed by atoms with E-state index in [1.165, 1.54) is 6.07 Å². The fourth-order valence-electron chi connectivity index (χ4n) is 2.61. The van der Waals surface area contributed by atoms with Gasteiger partial charge in [-0.25, -0.2) is 4.79 Å². The zero-order valence-corrected chi connectivity index (χ0v) is 11.8. The quantitative estimate of drug-likeness (QED) is 0.789. The molecule has 5 heteroatoms. The highest BCUT2D eigenvalue weighted by Gasteiger charge is 2.27. The van der Waals surface area contributed by atoms with Crippen LogP contribution in [0.25, 0.3) is 0 Å². The van der Waals surface area contributed by atoms with E-state index in [4.69, 9.17) is 5.11 Å². The van der Waals surface area contributed by atoms with Crippen LogP contribution in [0.15, 0.2) is 18.2 Å². The summed E-state index contributed by atoms with van der Waals surface area (Å²) in [5.41, 5.74) is 1.36. The molecule has 1 aliphatic heterocycles. The second-order valence-electron chi connectivity index (χ2n) is 5.32. The van der Waals surface area contributed by atoms with Crippen molar-refractivity contribution in [3.63, 3.8) is 0 Å². The molecular weight excluding hydrogens is 256 g/mol. The summed E-state index contributed by atoms with van der Waals surface area (Å²) in [6.45, 7) is 4.60. The van der Waals surface area contributed by atoms with Crippen molar-refractivity contribution in [2.24, 2.45) is 5.92 Å². The first-order chi connectivity index (χ1) is 9.50. The van der Waals surface area contributed by atoms with E-state index >= 15 is 0 Å². The first-order valence-corrected chi connectivity index (χ1v) is 6.88. The number of nitrogens with one attached hydrogen (secondary N) is 2. The van der Waals surface area contributed by atoms with Crippen molar-refractivity contribution >= 4 is 17.6 Å². The van der Waals surface area contributed by atoms with E-state index < -0.39 is 5.97 Å². The number of carboxylic acids is 1. The minimum Gasteiger partial charge on any atom is -0.478 e. The maximum Gasteiger partial charge on any atom is 0.336 e. The van der Waals surface area contributed by atoms with Crippen molar-refractivity contribution < 1.29 is 14.7 Å². The van der Waals surface area contributed by atoms with Crippen LogP contribution in [0.4, 0.5) is 5.69 Å². The predicted molar refractivity (Wildman–Crippen MR) is 77.0 cm³/mol. The molecule has 0 saturated carbocycles. The summed E-state index contributed by atoms with van der Waals surface area (Å²) < 4.78 is 0. The molecule has 20 heavy (non-hydrogen) atoms. The molecule has 1 heterocycles. The highest BCUT2D eigenvalue weighted by atomic mass is 16.4. The monoisotopic (exact) mass is 276 g/mol. The summed E-state index contributed by atoms with van der Waals surface area (Å²) >= 11 is 0. The van der Waals surface area contributed by atoms with Crippen LogP contribution >= 0.6 is 0 Å². The van der Waals surface area contributed by atoms with Gasteiger partial charge in [-0.15, -0.1) is 0 Å². The third kappa shape index (κ3) is 2.99. The number of benzene rings is 1. The number of carboxylic acid groups (broad SMARTS) is 1. The van der Waals surface area contributed by atoms with Crippen LogP contribution in [0.1, 0.15) is 35.7 Å². The van der Waals surface area contributed by atoms with Crippen LogP contribution in [0.5, 0.6) is 0 Å². The number of hydrogen-bond acceptors (Lipinski definition) is 3. The molecule has 1 saturated heterocycles. The Balaban J connectivity index is 2.15. The van der Waals surface area contributed by atoms with E-state index in [1.807, 2.05) is 0 Å². The molecular formula is C15H20N2O3. The molecule has 0 radical (unpaired) electrons. The topological polar surface area (TPSA) is 78.4 Å². The van der Waals surface area contributed by atoms with Gasteiger partial charge >= 0.3 is 5.97 Å². The Morgan fingerprint density at radius 3 is 2.80 bits per heavy atom. The second kappa shape index (κ2) is 6.05. The van der Waals surface area contributed by atoms with Crippen LogP contribution in [0.2, 0.25) is 0 Å². The van der Waals surface area contributed by atoms with Crippen LogP contribution in [-0.4, -0.2) is 29.6 Å². The molecule has 1 amide bonds. The summed E-state index contributed by atoms with van der Waals surface area (Å²) in [6, 6.07) is 4.70. The van der Waals surface area contributed by atoms with Gasteiger partial charge in [-0.2, -0.15) is 0 Å². The van der Waals surface area contributed by atoms with Gasteiger partial charge in [0.25, 0.3) is 0 Å². The second-order valence-corrected chi connectivity index (χ2v) is 5.32. The number of rotatable bonds is 3. The van der Waals surface area contributed by atoms with Crippen molar-refractivity contribution in [3.05, 3.63) is 29.3 Å². The molecule has 0 spiro atoms. The molecule has 0 bridgehead atoms. The van der Waals surface area contributed by atoms with Gasteiger partial charge in [-0.05, 0) is 49.9 Å². The highest BCUT2D eigenvalue weighted by molar-refractivity contribution is 5.98. The average molecular weight is 276 g/mol. The molecule has 108 valence electrons. The number of anilines is 1. The molecule has 1 aromatic carbocycles. The Kier molecular flexibility index (Phi) is 4.39. The van der Waals surface area contributed by atoms with E-state index in [9.17, 15) is 9.59 Å². The SMILES string of the molecule is Cc1c(NC(=O)C2NCCCC2C)cccc1C(=O)O. The summed E-state index contributed by atoms with van der Waals surface area (Å²) in [4.78, 5) is 23.4. The Morgan fingerprint density at radius 1 is 1.40 bits per heavy atom. The lowest BCUT2D eigenvalue weighted by Crippen LogP contribution is -2.48. The molecule has 1 aliphatic rings. The van der Waals surface area contributed by atoms with Gasteiger partial charge in [-0.3, -0.25) is 4.79 Å². The predicted octanol–water partition coefficient (Wildman–Crippen LogP) is 2.02. The zero-order chi connectivity index (χ0) is 14.7. The number of carbonyl (C=O) groups is 2. The van der Waals surface area contributed by atoms with Crippen molar-refractivity contribution in [2.45, 2.75) is 32.7 Å². The molecule has 1 aromatic rings. The van der Waals surface area contributed by atoms with Crippen LogP contribution in [0, 0.1) is 12.8 Å². The highest BCUT2D eigenvalue weighted by Crippen LogP contribution is 2.21. The molecule has 0 aliphatic carbocycles. The van der Waals surface area contributed by atoms with Gasteiger partial charge in [0.1, 0.15) is 0 Å². The normalized spacial score (nSPS) is 22.3. The van der Waals surface area contributed by atoms with Gasteiger partial charge in [0.15, 0.2) is 0 Å². The lowest BCUT2D eigenvalue weighted by atomic mass is 9.92. The zero-order valence-electron chi connectivity index (χ0n) is 11.8. The van der Waals surface area contributed by atoms with Crippen molar-refractivity contribution in [1.29, 1.82) is 0 Å². The van der Waals surface area contributed by atoms with Crippen molar-refractivity contribution in [1.82, 2.24) is 5.32 Å². The minimum atomic E-state index is -0.984. The number of amides is 1. The fraction of sp³-hybridized carbons (Fsp3) is 0.467. The third-order valence-electron chi connectivity index (χ3n) is 3.87. The Hall–Kier alpha value is -1.88. The molecule has 3 N–H and O–H groups in total. The van der Waals surface area contributed by atoms with Crippen LogP contribution in [-0.2, 0) is 4.79 Å². The number of piperidine rings is 1. The molecule has 2 unspecified atom stereocenters. The molecule has 0 aromatic heterocycles. The number of hydrogen-bond donors (Lipinski definition) is 3. The number of carbonyl (C=O) groups excluding carboxylic acids is 1. The minimum absolute atomic E-state index is 0.0946. The molecule has 2 rings (SSSR count).